The van der Waals surface area contributed by atoms with E-state index in [2.05, 4.69) is 181 Å². The minimum atomic E-state index is -0.389. The molecule has 29 heavy (non-hydrogen) atoms. The predicted octanol–water partition coefficient (Wildman–Crippen LogP) is 8.65. The van der Waals surface area contributed by atoms with Crippen molar-refractivity contribution in [3.05, 3.63) is 134 Å². The highest BCUT2D eigenvalue weighted by Crippen LogP contribution is 2.45. The molecule has 144 valence electrons. The molecule has 4 rings (SSSR count). The van der Waals surface area contributed by atoms with Crippen LogP contribution in [0.15, 0.2) is 102 Å². The van der Waals surface area contributed by atoms with E-state index < -0.39 is 0 Å². The lowest BCUT2D eigenvalue weighted by molar-refractivity contribution is 0.744. The molecule has 4 aromatic carbocycles. The molecule has 0 saturated carbocycles. The summed E-state index contributed by atoms with van der Waals surface area (Å²) in [6, 6.07) is 35.5. The van der Waals surface area contributed by atoms with Crippen molar-refractivity contribution in [3.63, 3.8) is 0 Å². The first kappa shape index (κ1) is 21.8. The van der Waals surface area contributed by atoms with Crippen LogP contribution in [0.1, 0.15) is 22.3 Å². The van der Waals surface area contributed by atoms with Gasteiger partial charge in [0.2, 0.25) is 0 Å². The Bertz CT molecular complexity index is 913. The van der Waals surface area contributed by atoms with Crippen molar-refractivity contribution in [1.82, 2.24) is 0 Å². The Hall–Kier alpha value is -0.450. The maximum absolute atomic E-state index is 3.61. The SMILES string of the molecule is Brc1ccc(C(c2ccc(I)cc2)(c2ccc(I)cc2)c2ccc(I)cc2)cc1. The molecule has 0 saturated heterocycles. The highest BCUT2D eigenvalue weighted by atomic mass is 127. The average molecular weight is 777 g/mol. The number of hydrogen-bond acceptors (Lipinski definition) is 0. The monoisotopic (exact) mass is 776 g/mol. The van der Waals surface area contributed by atoms with E-state index in [1.165, 1.54) is 33.0 Å². The lowest BCUT2D eigenvalue weighted by Crippen LogP contribution is -2.31. The van der Waals surface area contributed by atoms with E-state index in [9.17, 15) is 0 Å². The third-order valence-corrected chi connectivity index (χ3v) is 7.80. The van der Waals surface area contributed by atoms with Crippen LogP contribution in [0, 0.1) is 10.7 Å². The molecule has 0 atom stereocenters. The zero-order valence-corrected chi connectivity index (χ0v) is 23.3. The van der Waals surface area contributed by atoms with E-state index in [0.29, 0.717) is 0 Å². The van der Waals surface area contributed by atoms with Crippen molar-refractivity contribution in [2.45, 2.75) is 5.41 Å². The fraction of sp³-hybridized carbons (Fsp3) is 0.0400. The highest BCUT2D eigenvalue weighted by molar-refractivity contribution is 14.1. The Morgan fingerprint density at radius 3 is 0.931 bits per heavy atom. The molecule has 0 amide bonds. The van der Waals surface area contributed by atoms with E-state index in [1.54, 1.807) is 0 Å². The molecule has 0 aliphatic carbocycles. The molecule has 0 aliphatic rings. The summed E-state index contributed by atoms with van der Waals surface area (Å²) in [5, 5.41) is 0. The molecule has 4 aromatic rings. The Kier molecular flexibility index (Phi) is 7.03. The first-order valence-electron chi connectivity index (χ1n) is 9.04. The van der Waals surface area contributed by atoms with Gasteiger partial charge in [-0.2, -0.15) is 0 Å². The first-order chi connectivity index (χ1) is 14.0. The van der Waals surface area contributed by atoms with Crippen molar-refractivity contribution in [1.29, 1.82) is 0 Å². The Morgan fingerprint density at radius 2 is 0.655 bits per heavy atom. The normalized spacial score (nSPS) is 11.4. The lowest BCUT2D eigenvalue weighted by atomic mass is 9.65. The molecular weight excluding hydrogens is 761 g/mol. The number of hydrogen-bond donors (Lipinski definition) is 0. The summed E-state index contributed by atoms with van der Waals surface area (Å²) in [5.74, 6) is 0. The fourth-order valence-corrected chi connectivity index (χ4v) is 5.14. The maximum Gasteiger partial charge on any atom is 0.0701 e. The Labute approximate surface area is 221 Å². The second-order valence-electron chi connectivity index (χ2n) is 6.78. The van der Waals surface area contributed by atoms with Crippen LogP contribution in [0.25, 0.3) is 0 Å². The quantitative estimate of drug-likeness (QED) is 0.144. The van der Waals surface area contributed by atoms with E-state index in [1.807, 2.05) is 0 Å². The molecule has 0 unspecified atom stereocenters. The van der Waals surface area contributed by atoms with Crippen LogP contribution >= 0.6 is 83.7 Å². The zero-order chi connectivity index (χ0) is 20.4. The van der Waals surface area contributed by atoms with Gasteiger partial charge in [0.1, 0.15) is 0 Å². The van der Waals surface area contributed by atoms with Gasteiger partial charge in [-0.25, -0.2) is 0 Å². The van der Waals surface area contributed by atoms with E-state index in [-0.39, 0.29) is 5.41 Å². The van der Waals surface area contributed by atoms with Gasteiger partial charge in [0.05, 0.1) is 5.41 Å². The zero-order valence-electron chi connectivity index (χ0n) is 15.2. The Morgan fingerprint density at radius 1 is 0.414 bits per heavy atom. The van der Waals surface area contributed by atoms with Crippen molar-refractivity contribution in [3.8, 4) is 0 Å². The van der Waals surface area contributed by atoms with Gasteiger partial charge < -0.3 is 0 Å². The van der Waals surface area contributed by atoms with Crippen molar-refractivity contribution < 1.29 is 0 Å². The van der Waals surface area contributed by atoms with Crippen LogP contribution in [0.2, 0.25) is 0 Å². The second kappa shape index (κ2) is 9.36. The Balaban J connectivity index is 2.11. The van der Waals surface area contributed by atoms with E-state index >= 15 is 0 Å². The van der Waals surface area contributed by atoms with Crippen LogP contribution in [0.4, 0.5) is 0 Å². The lowest BCUT2D eigenvalue weighted by Gasteiger charge is -2.37. The smallest absolute Gasteiger partial charge is 0.0564 e. The number of benzene rings is 4. The van der Waals surface area contributed by atoms with Crippen LogP contribution < -0.4 is 0 Å². The van der Waals surface area contributed by atoms with E-state index in [0.717, 1.165) is 4.47 Å². The molecule has 0 nitrogen and oxygen atoms in total. The third kappa shape index (κ3) is 4.45. The van der Waals surface area contributed by atoms with Gasteiger partial charge in [0.15, 0.2) is 0 Å². The molecular formula is C25H16BrI3. The van der Waals surface area contributed by atoms with Crippen molar-refractivity contribution in [2.24, 2.45) is 0 Å². The summed E-state index contributed by atoms with van der Waals surface area (Å²) >= 11 is 10.7. The summed E-state index contributed by atoms with van der Waals surface area (Å²) in [6.07, 6.45) is 0. The third-order valence-electron chi connectivity index (χ3n) is 5.11. The van der Waals surface area contributed by atoms with Crippen LogP contribution in [-0.4, -0.2) is 0 Å². The molecule has 0 heterocycles. The van der Waals surface area contributed by atoms with Crippen LogP contribution in [0.5, 0.6) is 0 Å². The minimum absolute atomic E-state index is 0.389. The van der Waals surface area contributed by atoms with Crippen molar-refractivity contribution in [2.75, 3.05) is 0 Å². The summed E-state index contributed by atoms with van der Waals surface area (Å²) in [7, 11) is 0. The number of rotatable bonds is 4. The summed E-state index contributed by atoms with van der Waals surface area (Å²) in [6.45, 7) is 0. The highest BCUT2D eigenvalue weighted by Gasteiger charge is 2.38. The van der Waals surface area contributed by atoms with Gasteiger partial charge in [-0.15, -0.1) is 0 Å². The predicted molar refractivity (Wildman–Crippen MR) is 151 cm³/mol. The van der Waals surface area contributed by atoms with Gasteiger partial charge in [-0.3, -0.25) is 0 Å². The largest absolute Gasteiger partial charge is 0.0701 e. The van der Waals surface area contributed by atoms with Crippen LogP contribution in [0.3, 0.4) is 0 Å². The molecule has 0 N–H and O–H groups in total. The first-order valence-corrected chi connectivity index (χ1v) is 13.1. The second-order valence-corrected chi connectivity index (χ2v) is 11.4. The molecule has 0 fully saturated rings. The summed E-state index contributed by atoms with van der Waals surface area (Å²) in [4.78, 5) is 0. The van der Waals surface area contributed by atoms with E-state index in [4.69, 9.17) is 0 Å². The summed E-state index contributed by atoms with van der Waals surface area (Å²) in [5.41, 5.74) is 4.66. The molecule has 0 spiro atoms. The number of halogens is 4. The molecule has 0 aliphatic heterocycles. The average Bonchev–Trinajstić information content (AvgIpc) is 2.73. The molecule has 0 bridgehead atoms. The maximum atomic E-state index is 3.61. The molecule has 4 heteroatoms. The van der Waals surface area contributed by atoms with Gasteiger partial charge >= 0.3 is 0 Å². The van der Waals surface area contributed by atoms with Gasteiger partial charge in [0, 0.05) is 15.2 Å². The topological polar surface area (TPSA) is 0 Å². The molecule has 0 aromatic heterocycles. The van der Waals surface area contributed by atoms with Crippen molar-refractivity contribution >= 4 is 83.7 Å². The fourth-order valence-electron chi connectivity index (χ4n) is 3.80. The standard InChI is InChI=1S/C25H16BrI3/c26-21-9-1-17(2-10-21)25(18-3-11-22(27)12-4-18,19-5-13-23(28)14-6-19)20-7-15-24(29)16-8-20/h1-16H. The van der Waals surface area contributed by atoms with Gasteiger partial charge in [-0.05, 0) is 139 Å². The van der Waals surface area contributed by atoms with Crippen LogP contribution in [-0.2, 0) is 5.41 Å². The van der Waals surface area contributed by atoms with Gasteiger partial charge in [0.25, 0.3) is 0 Å². The summed E-state index contributed by atoms with van der Waals surface area (Å²) < 4.78 is 4.80. The minimum Gasteiger partial charge on any atom is -0.0564 e. The molecule has 0 radical (unpaired) electrons. The van der Waals surface area contributed by atoms with Gasteiger partial charge in [-0.1, -0.05) is 64.5 Å².